The van der Waals surface area contributed by atoms with E-state index in [-0.39, 0.29) is 0 Å². The summed E-state index contributed by atoms with van der Waals surface area (Å²) in [5, 5.41) is 0. The molecule has 0 rings (SSSR count). The molecular weight excluding hydrogens is 168 g/mol. The third-order valence-corrected chi connectivity index (χ3v) is 2.24. The summed E-state index contributed by atoms with van der Waals surface area (Å²) in [4.78, 5) is 0. The first-order chi connectivity index (χ1) is 6.91. The molecule has 0 saturated heterocycles. The van der Waals surface area contributed by atoms with Crippen LogP contribution in [-0.4, -0.2) is 0 Å². The minimum Gasteiger partial charge on any atom is -0.103 e. The van der Waals surface area contributed by atoms with Gasteiger partial charge in [-0.25, -0.2) is 0 Å². The average Bonchev–Trinajstić information content (AvgIpc) is 2.21. The average molecular weight is 192 g/mol. The number of hydrogen-bond donors (Lipinski definition) is 0. The van der Waals surface area contributed by atoms with Crippen molar-refractivity contribution in [3.63, 3.8) is 0 Å². The zero-order chi connectivity index (χ0) is 10.5. The van der Waals surface area contributed by atoms with Crippen LogP contribution in [0.25, 0.3) is 0 Å². The van der Waals surface area contributed by atoms with E-state index in [1.807, 2.05) is 6.08 Å². The predicted octanol–water partition coefficient (Wildman–Crippen LogP) is 4.71. The molecule has 0 aliphatic rings. The van der Waals surface area contributed by atoms with E-state index in [2.05, 4.69) is 25.3 Å². The van der Waals surface area contributed by atoms with E-state index in [1.54, 1.807) is 0 Å². The van der Waals surface area contributed by atoms with E-state index >= 15 is 0 Å². The van der Waals surface area contributed by atoms with Crippen LogP contribution in [0.15, 0.2) is 12.7 Å². The van der Waals surface area contributed by atoms with Crippen LogP contribution in [0.5, 0.6) is 0 Å². The van der Waals surface area contributed by atoms with Crippen molar-refractivity contribution in [3.8, 4) is 11.8 Å². The molecule has 14 heavy (non-hydrogen) atoms. The lowest BCUT2D eigenvalue weighted by Gasteiger charge is -1.92. The van der Waals surface area contributed by atoms with Crippen LogP contribution in [0, 0.1) is 11.8 Å². The summed E-state index contributed by atoms with van der Waals surface area (Å²) in [6, 6.07) is 0. The van der Waals surface area contributed by atoms with E-state index in [1.165, 1.54) is 38.5 Å². The molecule has 0 aromatic carbocycles. The molecule has 0 N–H and O–H groups in total. The molecule has 0 amide bonds. The fourth-order valence-corrected chi connectivity index (χ4v) is 1.32. The molecular formula is C14H24. The van der Waals surface area contributed by atoms with Crippen molar-refractivity contribution in [1.29, 1.82) is 0 Å². The van der Waals surface area contributed by atoms with Crippen LogP contribution in [0.2, 0.25) is 0 Å². The summed E-state index contributed by atoms with van der Waals surface area (Å²) in [5.74, 6) is 6.48. The molecule has 80 valence electrons. The van der Waals surface area contributed by atoms with Crippen molar-refractivity contribution in [2.24, 2.45) is 0 Å². The lowest BCUT2D eigenvalue weighted by Crippen LogP contribution is -1.75. The van der Waals surface area contributed by atoms with Gasteiger partial charge in [-0.2, -0.15) is 0 Å². The molecule has 0 nitrogen and oxygen atoms in total. The highest BCUT2D eigenvalue weighted by atomic mass is 13.9. The lowest BCUT2D eigenvalue weighted by molar-refractivity contribution is 0.679. The maximum Gasteiger partial charge on any atom is 0.00887 e. The topological polar surface area (TPSA) is 0 Å². The standard InChI is InChI=1S/C14H24/c1-3-5-7-9-11-13-14-12-10-8-6-4-2/h3H,1,4-12H2,2H3. The van der Waals surface area contributed by atoms with Gasteiger partial charge in [0.15, 0.2) is 0 Å². The van der Waals surface area contributed by atoms with Gasteiger partial charge >= 0.3 is 0 Å². The zero-order valence-electron chi connectivity index (χ0n) is 9.65. The molecule has 0 saturated carbocycles. The molecule has 0 heterocycles. The molecule has 0 atom stereocenters. The number of allylic oxidation sites excluding steroid dienone is 1. The quantitative estimate of drug-likeness (QED) is 0.297. The van der Waals surface area contributed by atoms with Gasteiger partial charge in [0, 0.05) is 12.8 Å². The normalized spacial score (nSPS) is 9.21. The van der Waals surface area contributed by atoms with Gasteiger partial charge in [-0.15, -0.1) is 18.4 Å². The fourth-order valence-electron chi connectivity index (χ4n) is 1.32. The van der Waals surface area contributed by atoms with Crippen molar-refractivity contribution in [2.45, 2.75) is 64.7 Å². The van der Waals surface area contributed by atoms with Crippen LogP contribution in [0.1, 0.15) is 64.7 Å². The Morgan fingerprint density at radius 2 is 1.57 bits per heavy atom. The van der Waals surface area contributed by atoms with Crippen LogP contribution in [0.4, 0.5) is 0 Å². The second kappa shape index (κ2) is 12.3. The molecule has 0 aliphatic carbocycles. The van der Waals surface area contributed by atoms with Crippen LogP contribution in [0.3, 0.4) is 0 Å². The molecule has 0 aromatic rings. The van der Waals surface area contributed by atoms with Gasteiger partial charge in [0.2, 0.25) is 0 Å². The van der Waals surface area contributed by atoms with Crippen LogP contribution >= 0.6 is 0 Å². The molecule has 0 radical (unpaired) electrons. The first-order valence-electron chi connectivity index (χ1n) is 5.98. The molecule has 0 fully saturated rings. The van der Waals surface area contributed by atoms with Crippen molar-refractivity contribution in [2.75, 3.05) is 0 Å². The SMILES string of the molecule is C=CCCCCC#CCCCCCC. The van der Waals surface area contributed by atoms with Gasteiger partial charge in [0.25, 0.3) is 0 Å². The number of unbranched alkanes of at least 4 members (excludes halogenated alkanes) is 7. The second-order valence-corrected chi connectivity index (χ2v) is 3.70. The third-order valence-electron chi connectivity index (χ3n) is 2.24. The Bertz CT molecular complexity index is 168. The van der Waals surface area contributed by atoms with E-state index in [0.717, 1.165) is 19.3 Å². The maximum atomic E-state index is 3.70. The van der Waals surface area contributed by atoms with Crippen LogP contribution in [-0.2, 0) is 0 Å². The van der Waals surface area contributed by atoms with Crippen LogP contribution < -0.4 is 0 Å². The monoisotopic (exact) mass is 192 g/mol. The summed E-state index contributed by atoms with van der Waals surface area (Å²) in [5.41, 5.74) is 0. The largest absolute Gasteiger partial charge is 0.103 e. The third kappa shape index (κ3) is 11.3. The van der Waals surface area contributed by atoms with Crippen molar-refractivity contribution in [1.82, 2.24) is 0 Å². The minimum atomic E-state index is 1.07. The Morgan fingerprint density at radius 3 is 2.14 bits per heavy atom. The predicted molar refractivity (Wildman–Crippen MR) is 65.2 cm³/mol. The Balaban J connectivity index is 3.06. The highest BCUT2D eigenvalue weighted by Crippen LogP contribution is 2.02. The Morgan fingerprint density at radius 1 is 0.929 bits per heavy atom. The number of hydrogen-bond acceptors (Lipinski definition) is 0. The van der Waals surface area contributed by atoms with Gasteiger partial charge in [-0.05, 0) is 25.7 Å². The Labute approximate surface area is 89.8 Å². The van der Waals surface area contributed by atoms with E-state index in [9.17, 15) is 0 Å². The fraction of sp³-hybridized carbons (Fsp3) is 0.714. The smallest absolute Gasteiger partial charge is 0.00887 e. The van der Waals surface area contributed by atoms with E-state index in [0.29, 0.717) is 0 Å². The summed E-state index contributed by atoms with van der Waals surface area (Å²) in [7, 11) is 0. The summed E-state index contributed by atoms with van der Waals surface area (Å²) in [6.07, 6.45) is 13.1. The summed E-state index contributed by atoms with van der Waals surface area (Å²) >= 11 is 0. The van der Waals surface area contributed by atoms with Crippen molar-refractivity contribution in [3.05, 3.63) is 12.7 Å². The molecule has 0 bridgehead atoms. The highest BCUT2D eigenvalue weighted by molar-refractivity contribution is 4.98. The minimum absolute atomic E-state index is 1.07. The van der Waals surface area contributed by atoms with Crippen molar-refractivity contribution >= 4 is 0 Å². The molecule has 0 heteroatoms. The second-order valence-electron chi connectivity index (χ2n) is 3.70. The van der Waals surface area contributed by atoms with Gasteiger partial charge in [0.05, 0.1) is 0 Å². The molecule has 0 spiro atoms. The molecule has 0 aliphatic heterocycles. The zero-order valence-corrected chi connectivity index (χ0v) is 9.65. The molecule has 0 aromatic heterocycles. The maximum absolute atomic E-state index is 3.70. The first-order valence-corrected chi connectivity index (χ1v) is 5.98. The first kappa shape index (κ1) is 13.3. The van der Waals surface area contributed by atoms with Gasteiger partial charge in [0.1, 0.15) is 0 Å². The summed E-state index contributed by atoms with van der Waals surface area (Å²) in [6.45, 7) is 5.94. The van der Waals surface area contributed by atoms with Crippen molar-refractivity contribution < 1.29 is 0 Å². The van der Waals surface area contributed by atoms with E-state index < -0.39 is 0 Å². The highest BCUT2D eigenvalue weighted by Gasteiger charge is 1.84. The summed E-state index contributed by atoms with van der Waals surface area (Å²) < 4.78 is 0. The van der Waals surface area contributed by atoms with E-state index in [4.69, 9.17) is 0 Å². The van der Waals surface area contributed by atoms with Gasteiger partial charge in [-0.1, -0.05) is 32.3 Å². The number of rotatable bonds is 8. The Hall–Kier alpha value is -0.700. The lowest BCUT2D eigenvalue weighted by atomic mass is 10.1. The molecule has 0 unspecified atom stereocenters. The Kier molecular flexibility index (Phi) is 11.7. The van der Waals surface area contributed by atoms with Gasteiger partial charge < -0.3 is 0 Å². The van der Waals surface area contributed by atoms with Gasteiger partial charge in [-0.3, -0.25) is 0 Å².